The number of nitrogens with zero attached hydrogens (tertiary/aromatic N) is 3. The van der Waals surface area contributed by atoms with Gasteiger partial charge in [-0.05, 0) is 12.8 Å². The molecule has 68 valence electrons. The van der Waals surface area contributed by atoms with Crippen LogP contribution in [0.3, 0.4) is 0 Å². The summed E-state index contributed by atoms with van der Waals surface area (Å²) in [5.74, 6) is 0. The highest BCUT2D eigenvalue weighted by molar-refractivity contribution is 7.16. The van der Waals surface area contributed by atoms with Crippen molar-refractivity contribution >= 4 is 21.6 Å². The molecule has 3 nitrogen and oxygen atoms in total. The molecule has 0 amide bonds. The molecule has 4 heteroatoms. The molecule has 13 heavy (non-hydrogen) atoms. The normalized spacial score (nSPS) is 10.8. The van der Waals surface area contributed by atoms with Gasteiger partial charge < -0.3 is 0 Å². The van der Waals surface area contributed by atoms with Crippen LogP contribution in [-0.2, 0) is 6.42 Å². The number of rotatable bonds is 3. The highest BCUT2D eigenvalue weighted by Gasteiger charge is 2.04. The predicted octanol–water partition coefficient (Wildman–Crippen LogP) is 2.43. The summed E-state index contributed by atoms with van der Waals surface area (Å²) in [5, 5.41) is 8.07. The van der Waals surface area contributed by atoms with Gasteiger partial charge in [0, 0.05) is 0 Å². The van der Waals surface area contributed by atoms with E-state index >= 15 is 0 Å². The third-order valence-corrected chi connectivity index (χ3v) is 2.75. The zero-order chi connectivity index (χ0) is 9.10. The van der Waals surface area contributed by atoms with E-state index < -0.39 is 0 Å². The lowest BCUT2D eigenvalue weighted by atomic mass is 10.2. The molecule has 2 aromatic heterocycles. The molecule has 2 aromatic rings. The minimum atomic E-state index is 0.991. The summed E-state index contributed by atoms with van der Waals surface area (Å²) >= 11 is 1.62. The van der Waals surface area contributed by atoms with E-state index in [0.29, 0.717) is 0 Å². The van der Waals surface area contributed by atoms with E-state index in [1.54, 1.807) is 17.5 Å². The van der Waals surface area contributed by atoms with Crippen LogP contribution in [0.25, 0.3) is 10.2 Å². The molecule has 0 saturated heterocycles. The quantitative estimate of drug-likeness (QED) is 0.751. The van der Waals surface area contributed by atoms with Crippen LogP contribution in [-0.4, -0.2) is 15.2 Å². The van der Waals surface area contributed by atoms with Crippen molar-refractivity contribution in [2.24, 2.45) is 0 Å². The minimum absolute atomic E-state index is 0.991. The fraction of sp³-hybridized carbons (Fsp3) is 0.444. The topological polar surface area (TPSA) is 38.7 Å². The van der Waals surface area contributed by atoms with Gasteiger partial charge in [-0.2, -0.15) is 10.2 Å². The van der Waals surface area contributed by atoms with Gasteiger partial charge in [-0.15, -0.1) is 11.3 Å². The number of aryl methyl sites for hydroxylation is 1. The summed E-state index contributed by atoms with van der Waals surface area (Å²) in [5.41, 5.74) is 3.93. The Morgan fingerprint density at radius 1 is 1.46 bits per heavy atom. The van der Waals surface area contributed by atoms with Crippen molar-refractivity contribution < 1.29 is 0 Å². The highest BCUT2D eigenvalue weighted by atomic mass is 32.1. The molecule has 0 aromatic carbocycles. The lowest BCUT2D eigenvalue weighted by Gasteiger charge is -1.97. The average molecular weight is 193 g/mol. The largest absolute Gasteiger partial charge is 0.243 e. The smallest absolute Gasteiger partial charge is 0.106 e. The molecular formula is C9H11N3S. The van der Waals surface area contributed by atoms with E-state index in [4.69, 9.17) is 0 Å². The van der Waals surface area contributed by atoms with Gasteiger partial charge in [0.2, 0.25) is 0 Å². The highest BCUT2D eigenvalue weighted by Crippen LogP contribution is 2.19. The van der Waals surface area contributed by atoms with Crippen LogP contribution in [0.2, 0.25) is 0 Å². The number of aromatic nitrogens is 3. The zero-order valence-electron chi connectivity index (χ0n) is 7.53. The molecule has 0 atom stereocenters. The molecule has 0 aliphatic rings. The number of unbranched alkanes of at least 4 members (excludes halogenated alkanes) is 1. The predicted molar refractivity (Wildman–Crippen MR) is 53.8 cm³/mol. The van der Waals surface area contributed by atoms with Crippen molar-refractivity contribution in [2.45, 2.75) is 26.2 Å². The Hall–Kier alpha value is -1.03. The summed E-state index contributed by atoms with van der Waals surface area (Å²) in [6, 6.07) is 0. The molecule has 0 saturated carbocycles. The van der Waals surface area contributed by atoms with Gasteiger partial charge in [0.15, 0.2) is 0 Å². The maximum atomic E-state index is 4.29. The first-order valence-electron chi connectivity index (χ1n) is 4.45. The Kier molecular flexibility index (Phi) is 2.49. The van der Waals surface area contributed by atoms with Crippen molar-refractivity contribution in [2.75, 3.05) is 0 Å². The monoisotopic (exact) mass is 193 g/mol. The van der Waals surface area contributed by atoms with Gasteiger partial charge in [0.1, 0.15) is 5.52 Å². The summed E-state index contributed by atoms with van der Waals surface area (Å²) < 4.78 is 1.14. The fourth-order valence-electron chi connectivity index (χ4n) is 1.27. The van der Waals surface area contributed by atoms with Crippen LogP contribution < -0.4 is 0 Å². The first-order valence-corrected chi connectivity index (χ1v) is 5.33. The van der Waals surface area contributed by atoms with E-state index in [1.165, 1.54) is 6.42 Å². The Bertz CT molecular complexity index is 396. The molecule has 0 aliphatic carbocycles. The molecule has 0 fully saturated rings. The minimum Gasteiger partial charge on any atom is -0.243 e. The second-order valence-corrected chi connectivity index (χ2v) is 3.85. The van der Waals surface area contributed by atoms with Gasteiger partial charge >= 0.3 is 0 Å². The molecule has 2 rings (SSSR count). The van der Waals surface area contributed by atoms with Crippen molar-refractivity contribution in [1.82, 2.24) is 15.2 Å². The summed E-state index contributed by atoms with van der Waals surface area (Å²) in [7, 11) is 0. The molecule has 0 unspecified atom stereocenters. The Morgan fingerprint density at radius 2 is 2.38 bits per heavy atom. The van der Waals surface area contributed by atoms with E-state index in [0.717, 1.165) is 28.8 Å². The van der Waals surface area contributed by atoms with Gasteiger partial charge in [-0.25, -0.2) is 4.98 Å². The zero-order valence-corrected chi connectivity index (χ0v) is 8.34. The SMILES string of the molecule is CCCCc1nncc2scnc12. The summed E-state index contributed by atoms with van der Waals surface area (Å²) in [6.07, 6.45) is 5.11. The van der Waals surface area contributed by atoms with E-state index in [-0.39, 0.29) is 0 Å². The molecule has 0 bridgehead atoms. The summed E-state index contributed by atoms with van der Waals surface area (Å²) in [4.78, 5) is 4.29. The van der Waals surface area contributed by atoms with Gasteiger partial charge in [-0.1, -0.05) is 13.3 Å². The van der Waals surface area contributed by atoms with E-state index in [2.05, 4.69) is 22.1 Å². The van der Waals surface area contributed by atoms with Gasteiger partial charge in [0.25, 0.3) is 0 Å². The number of hydrogen-bond acceptors (Lipinski definition) is 4. The maximum Gasteiger partial charge on any atom is 0.106 e. The van der Waals surface area contributed by atoms with E-state index in [9.17, 15) is 0 Å². The van der Waals surface area contributed by atoms with Crippen LogP contribution in [0.5, 0.6) is 0 Å². The molecule has 0 spiro atoms. The Labute approximate surface area is 80.8 Å². The molecular weight excluding hydrogens is 182 g/mol. The number of thiazole rings is 1. The molecule has 0 aliphatic heterocycles. The lowest BCUT2D eigenvalue weighted by Crippen LogP contribution is -1.93. The van der Waals surface area contributed by atoms with E-state index in [1.807, 2.05) is 5.51 Å². The third-order valence-electron chi connectivity index (χ3n) is 1.99. The summed E-state index contributed by atoms with van der Waals surface area (Å²) in [6.45, 7) is 2.18. The van der Waals surface area contributed by atoms with Crippen LogP contribution in [0, 0.1) is 0 Å². The van der Waals surface area contributed by atoms with Gasteiger partial charge in [0.05, 0.1) is 22.1 Å². The fourth-order valence-corrected chi connectivity index (χ4v) is 1.94. The first kappa shape index (κ1) is 8.56. The third kappa shape index (κ3) is 1.67. The standard InChI is InChI=1S/C9H11N3S/c1-2-3-4-7-9-8(5-11-12-7)13-6-10-9/h5-6H,2-4H2,1H3. The van der Waals surface area contributed by atoms with Crippen molar-refractivity contribution in [3.8, 4) is 0 Å². The maximum absolute atomic E-state index is 4.29. The average Bonchev–Trinajstić information content (AvgIpc) is 2.62. The molecule has 0 radical (unpaired) electrons. The van der Waals surface area contributed by atoms with Crippen LogP contribution in [0.4, 0.5) is 0 Å². The second-order valence-electron chi connectivity index (χ2n) is 2.96. The van der Waals surface area contributed by atoms with Gasteiger partial charge in [-0.3, -0.25) is 0 Å². The Balaban J connectivity index is 2.37. The molecule has 2 heterocycles. The van der Waals surface area contributed by atoms with Crippen LogP contribution in [0.15, 0.2) is 11.7 Å². The number of fused-ring (bicyclic) bond motifs is 1. The second kappa shape index (κ2) is 3.79. The lowest BCUT2D eigenvalue weighted by molar-refractivity contribution is 0.765. The Morgan fingerprint density at radius 3 is 3.23 bits per heavy atom. The molecule has 0 N–H and O–H groups in total. The van der Waals surface area contributed by atoms with Crippen LogP contribution in [0.1, 0.15) is 25.5 Å². The van der Waals surface area contributed by atoms with Crippen molar-refractivity contribution in [1.29, 1.82) is 0 Å². The van der Waals surface area contributed by atoms with Crippen molar-refractivity contribution in [3.63, 3.8) is 0 Å². The van der Waals surface area contributed by atoms with Crippen molar-refractivity contribution in [3.05, 3.63) is 17.4 Å². The van der Waals surface area contributed by atoms with Crippen LogP contribution >= 0.6 is 11.3 Å². The number of hydrogen-bond donors (Lipinski definition) is 0. The first-order chi connectivity index (χ1) is 6.42.